The second kappa shape index (κ2) is 12.4. The van der Waals surface area contributed by atoms with Crippen molar-refractivity contribution in [2.45, 2.75) is 25.5 Å². The van der Waals surface area contributed by atoms with Crippen LogP contribution in [-0.4, -0.2) is 17.0 Å². The monoisotopic (exact) mass is 499 g/mol. The summed E-state index contributed by atoms with van der Waals surface area (Å²) >= 11 is 0. The van der Waals surface area contributed by atoms with Crippen LogP contribution >= 0.6 is 0 Å². The van der Waals surface area contributed by atoms with Crippen LogP contribution < -0.4 is 14.8 Å². The molecule has 0 saturated heterocycles. The molecule has 0 aliphatic heterocycles. The van der Waals surface area contributed by atoms with Crippen LogP contribution in [0.4, 0.5) is 4.39 Å². The van der Waals surface area contributed by atoms with Crippen molar-refractivity contribution in [1.82, 2.24) is 5.32 Å². The number of rotatable bonds is 11. The van der Waals surface area contributed by atoms with Crippen molar-refractivity contribution in [2.24, 2.45) is 0 Å². The molecule has 0 spiro atoms. The lowest BCUT2D eigenvalue weighted by Gasteiger charge is -2.18. The van der Waals surface area contributed by atoms with E-state index in [0.717, 1.165) is 11.1 Å². The molecule has 6 nitrogen and oxygen atoms in total. The highest BCUT2D eigenvalue weighted by Crippen LogP contribution is 2.24. The number of benzene rings is 4. The molecule has 1 atom stereocenters. The Morgan fingerprint density at radius 1 is 0.784 bits per heavy atom. The molecule has 0 bridgehead atoms. The van der Waals surface area contributed by atoms with Crippen molar-refractivity contribution >= 4 is 11.9 Å². The summed E-state index contributed by atoms with van der Waals surface area (Å²) in [6.07, 6.45) is -0.0658. The Bertz CT molecular complexity index is 1320. The van der Waals surface area contributed by atoms with Crippen molar-refractivity contribution < 1.29 is 28.6 Å². The van der Waals surface area contributed by atoms with E-state index in [1.54, 1.807) is 42.5 Å². The van der Waals surface area contributed by atoms with Crippen LogP contribution in [0.5, 0.6) is 17.2 Å². The predicted octanol–water partition coefficient (Wildman–Crippen LogP) is 6.07. The number of carbonyl (C=O) groups is 2. The van der Waals surface area contributed by atoms with Crippen LogP contribution in [0.15, 0.2) is 103 Å². The first-order valence-corrected chi connectivity index (χ1v) is 11.7. The van der Waals surface area contributed by atoms with Gasteiger partial charge in [-0.1, -0.05) is 54.6 Å². The zero-order chi connectivity index (χ0) is 26.0. The number of aliphatic carboxylic acids is 1. The third-order valence-electron chi connectivity index (χ3n) is 5.56. The Labute approximate surface area is 214 Å². The first-order valence-electron chi connectivity index (χ1n) is 11.7. The fourth-order valence-corrected chi connectivity index (χ4v) is 3.75. The number of carbonyl (C=O) groups excluding carboxylic acids is 1. The fourth-order valence-electron chi connectivity index (χ4n) is 3.75. The third-order valence-corrected chi connectivity index (χ3v) is 5.56. The van der Waals surface area contributed by atoms with Gasteiger partial charge in [0, 0.05) is 0 Å². The molecule has 0 aliphatic rings. The maximum absolute atomic E-state index is 13.1. The second-order valence-corrected chi connectivity index (χ2v) is 8.44. The standard InChI is InChI=1S/C30H26FNO5/c31-24-11-15-26(16-12-24)37-27-8-4-7-22(17-27)20-36-25-13-9-23(10-14-25)28(19-30(34)35)32-29(33)18-21-5-2-1-3-6-21/h1-17,28H,18-20H2,(H,32,33)(H,34,35)/t28-/m0/s1. The van der Waals surface area contributed by atoms with Gasteiger partial charge in [0.15, 0.2) is 0 Å². The van der Waals surface area contributed by atoms with Gasteiger partial charge in [0.25, 0.3) is 0 Å². The number of nitrogens with one attached hydrogen (secondary N) is 1. The van der Waals surface area contributed by atoms with Crippen LogP contribution in [0.3, 0.4) is 0 Å². The lowest BCUT2D eigenvalue weighted by atomic mass is 10.0. The molecule has 0 unspecified atom stereocenters. The molecule has 0 aliphatic carbocycles. The number of amides is 1. The van der Waals surface area contributed by atoms with Gasteiger partial charge in [0.1, 0.15) is 29.7 Å². The summed E-state index contributed by atoms with van der Waals surface area (Å²) in [4.78, 5) is 23.9. The van der Waals surface area contributed by atoms with E-state index < -0.39 is 12.0 Å². The Morgan fingerprint density at radius 3 is 2.16 bits per heavy atom. The Kier molecular flexibility index (Phi) is 8.49. The first-order chi connectivity index (χ1) is 17.9. The summed E-state index contributed by atoms with van der Waals surface area (Å²) in [6, 6.07) is 28.8. The lowest BCUT2D eigenvalue weighted by Crippen LogP contribution is -2.31. The maximum Gasteiger partial charge on any atom is 0.305 e. The van der Waals surface area contributed by atoms with Crippen molar-refractivity contribution in [2.75, 3.05) is 0 Å². The van der Waals surface area contributed by atoms with Crippen LogP contribution in [0.25, 0.3) is 0 Å². The molecule has 1 amide bonds. The van der Waals surface area contributed by atoms with Gasteiger partial charge in [-0.2, -0.15) is 0 Å². The third kappa shape index (κ3) is 7.93. The van der Waals surface area contributed by atoms with E-state index in [-0.39, 0.29) is 31.2 Å². The SMILES string of the molecule is O=C(O)C[C@H](NC(=O)Cc1ccccc1)c1ccc(OCc2cccc(Oc3ccc(F)cc3)c2)cc1. The minimum Gasteiger partial charge on any atom is -0.489 e. The average Bonchev–Trinajstić information content (AvgIpc) is 2.89. The van der Waals surface area contributed by atoms with Gasteiger partial charge in [0.2, 0.25) is 5.91 Å². The summed E-state index contributed by atoms with van der Waals surface area (Å²) in [5.74, 6) is 0.142. The molecule has 0 radical (unpaired) electrons. The zero-order valence-corrected chi connectivity index (χ0v) is 20.0. The number of hydrogen-bond donors (Lipinski definition) is 2. The summed E-state index contributed by atoms with van der Waals surface area (Å²) in [6.45, 7) is 0.284. The van der Waals surface area contributed by atoms with E-state index in [1.807, 2.05) is 48.5 Å². The number of halogens is 1. The highest BCUT2D eigenvalue weighted by molar-refractivity contribution is 5.80. The quantitative estimate of drug-likeness (QED) is 0.262. The number of carboxylic acids is 1. The van der Waals surface area contributed by atoms with Crippen molar-refractivity contribution in [3.8, 4) is 17.2 Å². The minimum atomic E-state index is -1.01. The molecule has 0 saturated carbocycles. The van der Waals surface area contributed by atoms with Crippen LogP contribution in [-0.2, 0) is 22.6 Å². The van der Waals surface area contributed by atoms with E-state index in [4.69, 9.17) is 9.47 Å². The van der Waals surface area contributed by atoms with Crippen molar-refractivity contribution in [3.05, 3.63) is 126 Å². The van der Waals surface area contributed by atoms with Crippen molar-refractivity contribution in [1.29, 1.82) is 0 Å². The van der Waals surface area contributed by atoms with Gasteiger partial charge in [-0.15, -0.1) is 0 Å². The molecule has 4 aromatic rings. The van der Waals surface area contributed by atoms with Crippen LogP contribution in [0.1, 0.15) is 29.2 Å². The van der Waals surface area contributed by atoms with Gasteiger partial charge in [-0.05, 0) is 65.2 Å². The highest BCUT2D eigenvalue weighted by Gasteiger charge is 2.18. The Morgan fingerprint density at radius 2 is 1.46 bits per heavy atom. The van der Waals surface area contributed by atoms with E-state index in [0.29, 0.717) is 22.8 Å². The molecule has 0 fully saturated rings. The Balaban J connectivity index is 1.35. The summed E-state index contributed by atoms with van der Waals surface area (Å²) in [5.41, 5.74) is 2.40. The van der Waals surface area contributed by atoms with Gasteiger partial charge >= 0.3 is 5.97 Å². The molecule has 7 heteroatoms. The molecule has 2 N–H and O–H groups in total. The molecule has 4 rings (SSSR count). The van der Waals surface area contributed by atoms with Gasteiger partial charge in [0.05, 0.1) is 18.9 Å². The molecule has 0 heterocycles. The molecule has 188 valence electrons. The van der Waals surface area contributed by atoms with E-state index in [2.05, 4.69) is 5.32 Å². The van der Waals surface area contributed by atoms with Crippen molar-refractivity contribution in [3.63, 3.8) is 0 Å². The maximum atomic E-state index is 13.1. The summed E-state index contributed by atoms with van der Waals surface area (Å²) < 4.78 is 24.7. The van der Waals surface area contributed by atoms with E-state index in [9.17, 15) is 19.1 Å². The molecular formula is C30H26FNO5. The molecule has 4 aromatic carbocycles. The van der Waals surface area contributed by atoms with E-state index in [1.165, 1.54) is 12.1 Å². The average molecular weight is 500 g/mol. The largest absolute Gasteiger partial charge is 0.489 e. The number of hydrogen-bond acceptors (Lipinski definition) is 4. The Hall–Kier alpha value is -4.65. The molecule has 37 heavy (non-hydrogen) atoms. The summed E-state index contributed by atoms with van der Waals surface area (Å²) in [5, 5.41) is 12.2. The van der Waals surface area contributed by atoms with Crippen LogP contribution in [0.2, 0.25) is 0 Å². The van der Waals surface area contributed by atoms with E-state index >= 15 is 0 Å². The predicted molar refractivity (Wildman–Crippen MR) is 137 cm³/mol. The van der Waals surface area contributed by atoms with Gasteiger partial charge in [-0.25, -0.2) is 4.39 Å². The normalized spacial score (nSPS) is 11.4. The minimum absolute atomic E-state index is 0.169. The topological polar surface area (TPSA) is 84.9 Å². The zero-order valence-electron chi connectivity index (χ0n) is 20.0. The van der Waals surface area contributed by atoms with Crippen LogP contribution in [0, 0.1) is 5.82 Å². The smallest absolute Gasteiger partial charge is 0.305 e. The fraction of sp³-hybridized carbons (Fsp3) is 0.133. The van der Waals surface area contributed by atoms with Gasteiger partial charge in [-0.3, -0.25) is 9.59 Å². The highest BCUT2D eigenvalue weighted by atomic mass is 19.1. The number of ether oxygens (including phenoxy) is 2. The lowest BCUT2D eigenvalue weighted by molar-refractivity contribution is -0.137. The summed E-state index contributed by atoms with van der Waals surface area (Å²) in [7, 11) is 0. The first kappa shape index (κ1) is 25.4. The van der Waals surface area contributed by atoms with Gasteiger partial charge < -0.3 is 19.9 Å². The molecular weight excluding hydrogens is 473 g/mol. The second-order valence-electron chi connectivity index (χ2n) is 8.44. The number of carboxylic acid groups (broad SMARTS) is 1. The molecule has 0 aromatic heterocycles.